The van der Waals surface area contributed by atoms with Crippen LogP contribution in [0.25, 0.3) is 11.4 Å². The number of carbonyl (C=O) groups is 2. The Bertz CT molecular complexity index is 955. The van der Waals surface area contributed by atoms with E-state index in [4.69, 9.17) is 5.11 Å². The normalized spacial score (nSPS) is 10.4. The molecule has 3 aromatic rings. The lowest BCUT2D eigenvalue weighted by molar-refractivity contribution is 0.0692. The number of hydrogen-bond donors (Lipinski definition) is 5. The van der Waals surface area contributed by atoms with Crippen molar-refractivity contribution in [3.63, 3.8) is 0 Å². The molecule has 0 saturated heterocycles. The summed E-state index contributed by atoms with van der Waals surface area (Å²) in [6.07, 6.45) is 0. The number of amides is 1. The molecule has 0 spiro atoms. The van der Waals surface area contributed by atoms with Crippen molar-refractivity contribution in [1.82, 2.24) is 20.6 Å². The topological polar surface area (TPSA) is 161 Å². The summed E-state index contributed by atoms with van der Waals surface area (Å²) in [6.45, 7) is 0. The maximum atomic E-state index is 12.4. The molecule has 0 fully saturated rings. The van der Waals surface area contributed by atoms with Gasteiger partial charge in [-0.1, -0.05) is 12.1 Å². The van der Waals surface area contributed by atoms with Crippen molar-refractivity contribution in [3.8, 4) is 22.9 Å². The van der Waals surface area contributed by atoms with Crippen molar-refractivity contribution in [2.24, 2.45) is 0 Å². The van der Waals surface area contributed by atoms with Gasteiger partial charge in [0, 0.05) is 5.56 Å². The van der Waals surface area contributed by atoms with Crippen molar-refractivity contribution >= 4 is 17.6 Å². The maximum absolute atomic E-state index is 12.4. The number of anilines is 1. The molecule has 10 heteroatoms. The maximum Gasteiger partial charge on any atom is 0.339 e. The standard InChI is InChI=1S/C15H11N5O5/c21-11-6-9(15(24)25)12(22)5-8(11)14(23)16-10-4-2-1-3-7(10)13-17-19-20-18-13/h1-6,21-22H,(H,16,23)(H,24,25)(H,17,18,19,20). The summed E-state index contributed by atoms with van der Waals surface area (Å²) in [4.78, 5) is 23.3. The number of aromatic nitrogens is 4. The fourth-order valence-electron chi connectivity index (χ4n) is 2.19. The molecule has 0 atom stereocenters. The second kappa shape index (κ2) is 6.28. The number of carbonyl (C=O) groups excluding carboxylic acids is 1. The van der Waals surface area contributed by atoms with Crippen LogP contribution >= 0.6 is 0 Å². The summed E-state index contributed by atoms with van der Waals surface area (Å²) in [5.41, 5.74) is 0.0640. The number of hydrogen-bond acceptors (Lipinski definition) is 7. The van der Waals surface area contributed by atoms with Gasteiger partial charge in [-0.2, -0.15) is 0 Å². The highest BCUT2D eigenvalue weighted by atomic mass is 16.4. The SMILES string of the molecule is O=C(O)c1cc(O)c(C(=O)Nc2ccccc2-c2nnn[nH]2)cc1O. The molecule has 2 aromatic carbocycles. The van der Waals surface area contributed by atoms with E-state index in [0.29, 0.717) is 17.1 Å². The monoisotopic (exact) mass is 341 g/mol. The molecule has 1 amide bonds. The minimum absolute atomic E-state index is 0.284. The van der Waals surface area contributed by atoms with Crippen LogP contribution in [0, 0.1) is 0 Å². The lowest BCUT2D eigenvalue weighted by atomic mass is 10.1. The van der Waals surface area contributed by atoms with Crippen LogP contribution in [0.15, 0.2) is 36.4 Å². The lowest BCUT2D eigenvalue weighted by Gasteiger charge is -2.11. The van der Waals surface area contributed by atoms with E-state index in [0.717, 1.165) is 12.1 Å². The van der Waals surface area contributed by atoms with E-state index in [-0.39, 0.29) is 5.56 Å². The highest BCUT2D eigenvalue weighted by Crippen LogP contribution is 2.29. The van der Waals surface area contributed by atoms with E-state index in [1.807, 2.05) is 0 Å². The highest BCUT2D eigenvalue weighted by molar-refractivity contribution is 6.08. The molecule has 0 radical (unpaired) electrons. The highest BCUT2D eigenvalue weighted by Gasteiger charge is 2.20. The Morgan fingerprint density at radius 1 is 1.04 bits per heavy atom. The number of tetrazole rings is 1. The van der Waals surface area contributed by atoms with E-state index in [1.165, 1.54) is 0 Å². The number of H-pyrrole nitrogens is 1. The minimum atomic E-state index is -1.43. The van der Waals surface area contributed by atoms with Gasteiger partial charge in [-0.15, -0.1) is 5.10 Å². The van der Waals surface area contributed by atoms with Crippen LogP contribution in [-0.2, 0) is 0 Å². The molecular weight excluding hydrogens is 330 g/mol. The predicted molar refractivity (Wildman–Crippen MR) is 84.3 cm³/mol. The van der Waals surface area contributed by atoms with Gasteiger partial charge in [-0.3, -0.25) is 4.79 Å². The third kappa shape index (κ3) is 3.08. The minimum Gasteiger partial charge on any atom is -0.507 e. The Hall–Kier alpha value is -3.95. The van der Waals surface area contributed by atoms with Gasteiger partial charge in [0.15, 0.2) is 5.82 Å². The Kier molecular flexibility index (Phi) is 4.00. The number of para-hydroxylation sites is 1. The number of aromatic amines is 1. The number of benzene rings is 2. The molecule has 10 nitrogen and oxygen atoms in total. The fourth-order valence-corrected chi connectivity index (χ4v) is 2.19. The van der Waals surface area contributed by atoms with Gasteiger partial charge in [-0.25, -0.2) is 9.89 Å². The predicted octanol–water partition coefficient (Wildman–Crippen LogP) is 1.23. The smallest absolute Gasteiger partial charge is 0.339 e. The largest absolute Gasteiger partial charge is 0.507 e. The first-order valence-electron chi connectivity index (χ1n) is 6.91. The van der Waals surface area contributed by atoms with E-state index in [1.54, 1.807) is 24.3 Å². The van der Waals surface area contributed by atoms with Crippen LogP contribution in [0.1, 0.15) is 20.7 Å². The summed E-state index contributed by atoms with van der Waals surface area (Å²) >= 11 is 0. The third-order valence-corrected chi connectivity index (χ3v) is 3.36. The van der Waals surface area contributed by atoms with Crippen molar-refractivity contribution in [2.75, 3.05) is 5.32 Å². The zero-order valence-corrected chi connectivity index (χ0v) is 12.5. The molecule has 0 bridgehead atoms. The number of aromatic hydroxyl groups is 2. The van der Waals surface area contributed by atoms with Crippen molar-refractivity contribution in [1.29, 1.82) is 0 Å². The number of carboxylic acid groups (broad SMARTS) is 1. The van der Waals surface area contributed by atoms with Gasteiger partial charge in [0.1, 0.15) is 17.1 Å². The van der Waals surface area contributed by atoms with Crippen molar-refractivity contribution < 1.29 is 24.9 Å². The Morgan fingerprint density at radius 2 is 1.72 bits per heavy atom. The molecule has 0 unspecified atom stereocenters. The Morgan fingerprint density at radius 3 is 2.40 bits per heavy atom. The van der Waals surface area contributed by atoms with Gasteiger partial charge >= 0.3 is 5.97 Å². The van der Waals surface area contributed by atoms with E-state index in [2.05, 4.69) is 25.9 Å². The number of phenolic OH excluding ortho intramolecular Hbond substituents is 1. The molecule has 3 rings (SSSR count). The second-order valence-electron chi connectivity index (χ2n) is 4.94. The molecule has 0 aliphatic carbocycles. The molecule has 25 heavy (non-hydrogen) atoms. The molecule has 0 aliphatic rings. The van der Waals surface area contributed by atoms with Crippen LogP contribution in [-0.4, -0.2) is 47.8 Å². The quantitative estimate of drug-likeness (QED) is 0.443. The zero-order valence-electron chi connectivity index (χ0n) is 12.5. The number of nitrogens with one attached hydrogen (secondary N) is 2. The van der Waals surface area contributed by atoms with Gasteiger partial charge in [0.25, 0.3) is 5.91 Å². The summed E-state index contributed by atoms with van der Waals surface area (Å²) in [5.74, 6) is -3.06. The van der Waals surface area contributed by atoms with Gasteiger partial charge in [0.2, 0.25) is 0 Å². The zero-order chi connectivity index (χ0) is 18.0. The first-order chi connectivity index (χ1) is 12.0. The first kappa shape index (κ1) is 15.9. The number of nitrogens with zero attached hydrogens (tertiary/aromatic N) is 3. The Balaban J connectivity index is 1.94. The lowest BCUT2D eigenvalue weighted by Crippen LogP contribution is -2.13. The number of aromatic carboxylic acids is 1. The summed E-state index contributed by atoms with van der Waals surface area (Å²) in [5, 5.41) is 44.3. The van der Waals surface area contributed by atoms with Crippen LogP contribution < -0.4 is 5.32 Å². The molecule has 1 aromatic heterocycles. The van der Waals surface area contributed by atoms with Crippen LogP contribution in [0.3, 0.4) is 0 Å². The van der Waals surface area contributed by atoms with Gasteiger partial charge in [-0.05, 0) is 34.7 Å². The first-order valence-corrected chi connectivity index (χ1v) is 6.91. The third-order valence-electron chi connectivity index (χ3n) is 3.36. The molecular formula is C15H11N5O5. The van der Waals surface area contributed by atoms with Crippen LogP contribution in [0.5, 0.6) is 11.5 Å². The molecule has 126 valence electrons. The summed E-state index contributed by atoms with van der Waals surface area (Å²) < 4.78 is 0. The molecule has 1 heterocycles. The summed E-state index contributed by atoms with van der Waals surface area (Å²) in [7, 11) is 0. The molecule has 0 saturated carbocycles. The fraction of sp³-hybridized carbons (Fsp3) is 0. The number of rotatable bonds is 4. The van der Waals surface area contributed by atoms with Crippen LogP contribution in [0.4, 0.5) is 5.69 Å². The summed E-state index contributed by atoms with van der Waals surface area (Å²) in [6, 6.07) is 8.35. The average molecular weight is 341 g/mol. The van der Waals surface area contributed by atoms with E-state index < -0.39 is 28.9 Å². The average Bonchev–Trinajstić information content (AvgIpc) is 3.11. The molecule has 0 aliphatic heterocycles. The second-order valence-corrected chi connectivity index (χ2v) is 4.94. The van der Waals surface area contributed by atoms with E-state index in [9.17, 15) is 19.8 Å². The van der Waals surface area contributed by atoms with Gasteiger partial charge < -0.3 is 20.6 Å². The van der Waals surface area contributed by atoms with Gasteiger partial charge in [0.05, 0.1) is 11.3 Å². The Labute approximate surface area is 139 Å². The number of carboxylic acids is 1. The van der Waals surface area contributed by atoms with Crippen molar-refractivity contribution in [3.05, 3.63) is 47.5 Å². The molecule has 5 N–H and O–H groups in total. The van der Waals surface area contributed by atoms with E-state index >= 15 is 0 Å². The van der Waals surface area contributed by atoms with Crippen molar-refractivity contribution in [2.45, 2.75) is 0 Å². The number of phenols is 2. The van der Waals surface area contributed by atoms with Crippen LogP contribution in [0.2, 0.25) is 0 Å².